The van der Waals surface area contributed by atoms with Crippen LogP contribution in [0.15, 0.2) is 24.4 Å². The number of H-pyrrole nitrogens is 1. The zero-order valence-corrected chi connectivity index (χ0v) is 12.5. The third-order valence-corrected chi connectivity index (χ3v) is 4.64. The maximum Gasteiger partial charge on any atom is 0.270 e. The number of amides is 1. The molecule has 2 unspecified atom stereocenters. The van der Waals surface area contributed by atoms with Gasteiger partial charge >= 0.3 is 0 Å². The van der Waals surface area contributed by atoms with Gasteiger partial charge in [-0.1, -0.05) is 6.42 Å². The van der Waals surface area contributed by atoms with Crippen LogP contribution in [0.25, 0.3) is 10.9 Å². The van der Waals surface area contributed by atoms with Crippen molar-refractivity contribution >= 4 is 22.5 Å². The van der Waals surface area contributed by atoms with Crippen LogP contribution in [0.1, 0.15) is 37.2 Å². The molecular weight excluding hydrogens is 282 g/mol. The molecule has 2 N–H and O–H groups in total. The first-order valence-corrected chi connectivity index (χ1v) is 7.57. The molecule has 6 heteroatoms. The number of benzene rings is 1. The van der Waals surface area contributed by atoms with Gasteiger partial charge in [0, 0.05) is 42.2 Å². The lowest BCUT2D eigenvalue weighted by Crippen LogP contribution is -2.30. The fourth-order valence-corrected chi connectivity index (χ4v) is 3.50. The molecule has 1 aliphatic carbocycles. The number of rotatable bonds is 3. The van der Waals surface area contributed by atoms with Crippen LogP contribution in [0.2, 0.25) is 0 Å². The number of aromatic nitrogens is 1. The van der Waals surface area contributed by atoms with Gasteiger partial charge in [-0.2, -0.15) is 0 Å². The zero-order valence-electron chi connectivity index (χ0n) is 12.5. The maximum atomic E-state index is 11.9. The number of nitro benzene ring substituents is 1. The molecule has 22 heavy (non-hydrogen) atoms. The summed E-state index contributed by atoms with van der Waals surface area (Å²) < 4.78 is 0. The molecule has 1 aromatic heterocycles. The Balaban J connectivity index is 1.93. The van der Waals surface area contributed by atoms with Crippen molar-refractivity contribution in [3.8, 4) is 0 Å². The molecule has 3 rings (SSSR count). The minimum Gasteiger partial charge on any atom is -0.361 e. The van der Waals surface area contributed by atoms with Crippen molar-refractivity contribution in [3.63, 3.8) is 0 Å². The minimum atomic E-state index is -0.371. The Morgan fingerprint density at radius 3 is 2.95 bits per heavy atom. The number of hydrogen-bond donors (Lipinski definition) is 2. The first-order chi connectivity index (χ1) is 10.6. The first kappa shape index (κ1) is 14.6. The average molecular weight is 301 g/mol. The molecule has 0 saturated heterocycles. The standard InChI is InChI=1S/C16H19N3O3/c1-17-16(20)11-4-2-3-10(7-11)14-9-18-15-6-5-12(19(21)22)8-13(14)15/h5-6,8-11,18H,2-4,7H2,1H3,(H,17,20). The Morgan fingerprint density at radius 1 is 1.41 bits per heavy atom. The van der Waals surface area contributed by atoms with E-state index in [9.17, 15) is 14.9 Å². The lowest BCUT2D eigenvalue weighted by molar-refractivity contribution is -0.384. The molecule has 1 aliphatic rings. The normalized spacial score (nSPS) is 21.7. The molecule has 0 radical (unpaired) electrons. The van der Waals surface area contributed by atoms with Crippen LogP contribution in [0.3, 0.4) is 0 Å². The smallest absolute Gasteiger partial charge is 0.270 e. The highest BCUT2D eigenvalue weighted by atomic mass is 16.6. The van der Waals surface area contributed by atoms with Crippen LogP contribution in [0, 0.1) is 16.0 Å². The van der Waals surface area contributed by atoms with Gasteiger partial charge in [0.1, 0.15) is 0 Å². The predicted octanol–water partition coefficient (Wildman–Crippen LogP) is 3.10. The molecule has 0 bridgehead atoms. The molecular formula is C16H19N3O3. The van der Waals surface area contributed by atoms with Crippen LogP contribution < -0.4 is 5.32 Å². The van der Waals surface area contributed by atoms with E-state index in [0.29, 0.717) is 0 Å². The van der Waals surface area contributed by atoms with Gasteiger partial charge in [-0.25, -0.2) is 0 Å². The second-order valence-electron chi connectivity index (χ2n) is 5.91. The molecule has 0 aliphatic heterocycles. The van der Waals surface area contributed by atoms with Crippen LogP contribution in [0.5, 0.6) is 0 Å². The highest BCUT2D eigenvalue weighted by molar-refractivity contribution is 5.86. The topological polar surface area (TPSA) is 88.0 Å². The van der Waals surface area contributed by atoms with Crippen molar-refractivity contribution in [3.05, 3.63) is 40.1 Å². The van der Waals surface area contributed by atoms with Gasteiger partial charge < -0.3 is 10.3 Å². The first-order valence-electron chi connectivity index (χ1n) is 7.57. The van der Waals surface area contributed by atoms with Gasteiger partial charge in [0.25, 0.3) is 5.69 Å². The van der Waals surface area contributed by atoms with E-state index in [4.69, 9.17) is 0 Å². The highest BCUT2D eigenvalue weighted by Gasteiger charge is 2.29. The maximum absolute atomic E-state index is 11.9. The third-order valence-electron chi connectivity index (χ3n) is 4.64. The Bertz CT molecular complexity index is 722. The second-order valence-corrected chi connectivity index (χ2v) is 5.91. The van der Waals surface area contributed by atoms with E-state index in [1.807, 2.05) is 6.20 Å². The quantitative estimate of drug-likeness (QED) is 0.674. The molecule has 6 nitrogen and oxygen atoms in total. The summed E-state index contributed by atoms with van der Waals surface area (Å²) in [5, 5.41) is 14.6. The number of aromatic amines is 1. The minimum absolute atomic E-state index is 0.0346. The van der Waals surface area contributed by atoms with Crippen molar-refractivity contribution in [1.29, 1.82) is 0 Å². The Morgan fingerprint density at radius 2 is 2.23 bits per heavy atom. The molecule has 1 aromatic carbocycles. The summed E-state index contributed by atoms with van der Waals surface area (Å²) in [5.74, 6) is 0.398. The second kappa shape index (κ2) is 5.79. The molecule has 1 saturated carbocycles. The largest absolute Gasteiger partial charge is 0.361 e. The molecule has 0 spiro atoms. The van der Waals surface area contributed by atoms with Crippen molar-refractivity contribution in [2.45, 2.75) is 31.6 Å². The van der Waals surface area contributed by atoms with E-state index in [2.05, 4.69) is 10.3 Å². The number of carbonyl (C=O) groups is 1. The summed E-state index contributed by atoms with van der Waals surface area (Å²) in [6, 6.07) is 4.89. The molecule has 2 aromatic rings. The van der Waals surface area contributed by atoms with Gasteiger partial charge in [0.05, 0.1) is 4.92 Å². The molecule has 1 amide bonds. The van der Waals surface area contributed by atoms with Gasteiger partial charge in [0.2, 0.25) is 5.91 Å². The molecule has 116 valence electrons. The van der Waals surface area contributed by atoms with E-state index in [0.717, 1.165) is 42.1 Å². The fraction of sp³-hybridized carbons (Fsp3) is 0.438. The van der Waals surface area contributed by atoms with Crippen LogP contribution in [-0.4, -0.2) is 22.9 Å². The van der Waals surface area contributed by atoms with Gasteiger partial charge in [-0.15, -0.1) is 0 Å². The van der Waals surface area contributed by atoms with Gasteiger partial charge in [-0.05, 0) is 36.8 Å². The Kier molecular flexibility index (Phi) is 3.83. The number of hydrogen-bond acceptors (Lipinski definition) is 3. The summed E-state index contributed by atoms with van der Waals surface area (Å²) in [7, 11) is 1.67. The SMILES string of the molecule is CNC(=O)C1CCCC(c2c[nH]c3ccc([N+](=O)[O-])cc23)C1. The van der Waals surface area contributed by atoms with Crippen LogP contribution in [0.4, 0.5) is 5.69 Å². The highest BCUT2D eigenvalue weighted by Crippen LogP contribution is 2.39. The number of fused-ring (bicyclic) bond motifs is 1. The lowest BCUT2D eigenvalue weighted by Gasteiger charge is -2.27. The summed E-state index contributed by atoms with van der Waals surface area (Å²) in [4.78, 5) is 25.7. The molecule has 1 fully saturated rings. The monoisotopic (exact) mass is 301 g/mol. The summed E-state index contributed by atoms with van der Waals surface area (Å²) in [6.45, 7) is 0. The van der Waals surface area contributed by atoms with Crippen molar-refractivity contribution < 1.29 is 9.72 Å². The third kappa shape index (κ3) is 2.56. The molecule has 2 atom stereocenters. The Labute approximate surface area is 128 Å². The van der Waals surface area contributed by atoms with Crippen LogP contribution in [-0.2, 0) is 4.79 Å². The van der Waals surface area contributed by atoms with E-state index >= 15 is 0 Å². The number of non-ortho nitro benzene ring substituents is 1. The van der Waals surface area contributed by atoms with Crippen LogP contribution >= 0.6 is 0 Å². The lowest BCUT2D eigenvalue weighted by atomic mass is 9.77. The van der Waals surface area contributed by atoms with Crippen molar-refractivity contribution in [2.24, 2.45) is 5.92 Å². The van der Waals surface area contributed by atoms with E-state index in [-0.39, 0.29) is 28.4 Å². The summed E-state index contributed by atoms with van der Waals surface area (Å²) in [6.07, 6.45) is 5.67. The van der Waals surface area contributed by atoms with Crippen molar-refractivity contribution in [1.82, 2.24) is 10.3 Å². The number of carbonyl (C=O) groups excluding carboxylic acids is 1. The van der Waals surface area contributed by atoms with Crippen molar-refractivity contribution in [2.75, 3.05) is 7.05 Å². The summed E-state index contributed by atoms with van der Waals surface area (Å²) in [5.41, 5.74) is 2.10. The predicted molar refractivity (Wildman–Crippen MR) is 83.7 cm³/mol. The molecule has 1 heterocycles. The summed E-state index contributed by atoms with van der Waals surface area (Å²) >= 11 is 0. The number of nitro groups is 1. The number of nitrogens with zero attached hydrogens (tertiary/aromatic N) is 1. The van der Waals surface area contributed by atoms with Gasteiger partial charge in [0.15, 0.2) is 0 Å². The van der Waals surface area contributed by atoms with Gasteiger partial charge in [-0.3, -0.25) is 14.9 Å². The van der Waals surface area contributed by atoms with E-state index in [1.165, 1.54) is 6.07 Å². The zero-order chi connectivity index (χ0) is 15.7. The number of nitrogens with one attached hydrogen (secondary N) is 2. The average Bonchev–Trinajstić information content (AvgIpc) is 2.97. The van der Waals surface area contributed by atoms with E-state index < -0.39 is 0 Å². The van der Waals surface area contributed by atoms with E-state index in [1.54, 1.807) is 19.2 Å². The fourth-order valence-electron chi connectivity index (χ4n) is 3.50. The Hall–Kier alpha value is -2.37.